The van der Waals surface area contributed by atoms with Crippen molar-refractivity contribution in [2.24, 2.45) is 17.8 Å². The highest BCUT2D eigenvalue weighted by atomic mass is 32.2. The normalized spacial score (nSPS) is 15.2. The molecule has 0 saturated carbocycles. The first kappa shape index (κ1) is 77.4. The van der Waals surface area contributed by atoms with Crippen LogP contribution >= 0.6 is 0 Å². The van der Waals surface area contributed by atoms with E-state index in [2.05, 4.69) is 22.8 Å². The van der Waals surface area contributed by atoms with Gasteiger partial charge < -0.3 is 18.9 Å². The van der Waals surface area contributed by atoms with Crippen molar-refractivity contribution >= 4 is 44.1 Å². The number of hydrogen-bond donors (Lipinski definition) is 2. The van der Waals surface area contributed by atoms with E-state index in [1.807, 2.05) is 164 Å². The fraction of sp³-hybridized carbons (Fsp3) is 0.390. The second kappa shape index (κ2) is 33.4. The van der Waals surface area contributed by atoms with Crippen molar-refractivity contribution in [2.45, 2.75) is 183 Å². The van der Waals surface area contributed by atoms with Crippen molar-refractivity contribution in [3.8, 4) is 11.1 Å². The van der Waals surface area contributed by atoms with Gasteiger partial charge in [0.05, 0.1) is 45.9 Å². The summed E-state index contributed by atoms with van der Waals surface area (Å²) < 4.78 is 90.6. The molecule has 0 spiro atoms. The summed E-state index contributed by atoms with van der Waals surface area (Å²) in [6.07, 6.45) is 9.10. The molecule has 0 aromatic heterocycles. The zero-order chi connectivity index (χ0) is 72.6. The molecule has 16 nitrogen and oxygen atoms in total. The van der Waals surface area contributed by atoms with Crippen LogP contribution in [-0.4, -0.2) is 88.4 Å². The fourth-order valence-corrected chi connectivity index (χ4v) is 14.3. The van der Waals surface area contributed by atoms with Crippen LogP contribution in [0.25, 0.3) is 11.1 Å². The summed E-state index contributed by atoms with van der Waals surface area (Å²) in [7, 11) is -8.67. The first-order valence-electron chi connectivity index (χ1n) is 34.3. The SMILES string of the molecule is CC(C)(C)OC(=O)[C@@H](CCCOS(=O)(=O)c1ccc(-c2ccc(S(=O)(=O)OCCC[C@@H](C[C@H](NC(c3ccccc3)(c3ccccc3)C3C=CC=CC3)C(=O)OC(C)(C)C)C(=O)OC(C)(C)C)cc2)cc1)C[C@H](NC(c1ccccc1)(c1ccccc1)c1ccccc1)C(=O)OC(C)(C)C. The van der Waals surface area contributed by atoms with Crippen molar-refractivity contribution in [3.05, 3.63) is 252 Å². The third kappa shape index (κ3) is 21.3. The average molecular weight is 1400 g/mol. The lowest BCUT2D eigenvalue weighted by Crippen LogP contribution is -2.57. The summed E-state index contributed by atoms with van der Waals surface area (Å²) in [5.74, 6) is -4.29. The van der Waals surface area contributed by atoms with E-state index in [9.17, 15) is 36.0 Å². The minimum atomic E-state index is -4.34. The molecule has 0 aliphatic heterocycles. The summed E-state index contributed by atoms with van der Waals surface area (Å²) in [6.45, 7) is 20.7. The predicted molar refractivity (Wildman–Crippen MR) is 389 cm³/mol. The predicted octanol–water partition coefficient (Wildman–Crippen LogP) is 15.7. The van der Waals surface area contributed by atoms with Crippen molar-refractivity contribution < 1.29 is 63.3 Å². The number of hydrogen-bond acceptors (Lipinski definition) is 16. The standard InChI is InChI=1S/C82H98N2O14S2/c1-77(2,3)95-73(85)61(57-71(75(87)97-79(7,8)9)83-81(63-35-19-13-20-36-63,64-37-21-14-22-38-64)65-39-23-15-24-40-65)33-31-55-93-99(89,90)69-51-47-59(48-52-69)60-49-53-70(54-50-60)100(91,92)94-56-32-34-62(74(86)96-78(4,5)6)58-72(76(88)98-80(10,11)12)84-82(66-41-25-16-26-42-66,67-43-27-17-28-44-67)68-45-29-18-30-46-68/h13-30,35-45,47-54,61-62,68,71-72,83-84H,31-34,46,55-58H2,1-12H3/t61-,62-,68?,71-,72-/m0/s1. The zero-order valence-electron chi connectivity index (χ0n) is 59.6. The van der Waals surface area contributed by atoms with Gasteiger partial charge in [-0.1, -0.05) is 200 Å². The van der Waals surface area contributed by atoms with E-state index in [0.717, 1.165) is 27.8 Å². The quantitative estimate of drug-likeness (QED) is 0.0136. The Balaban J connectivity index is 0.938. The summed E-state index contributed by atoms with van der Waals surface area (Å²) in [5.41, 5.74) is -0.179. The van der Waals surface area contributed by atoms with Gasteiger partial charge in [-0.25, -0.2) is 0 Å². The van der Waals surface area contributed by atoms with Crippen molar-refractivity contribution in [1.29, 1.82) is 0 Å². The van der Waals surface area contributed by atoms with Gasteiger partial charge in [-0.15, -0.1) is 0 Å². The molecule has 532 valence electrons. The lowest BCUT2D eigenvalue weighted by Gasteiger charge is -2.45. The minimum Gasteiger partial charge on any atom is -0.460 e. The lowest BCUT2D eigenvalue weighted by atomic mass is 9.70. The smallest absolute Gasteiger partial charge is 0.323 e. The van der Waals surface area contributed by atoms with Gasteiger partial charge in [-0.3, -0.25) is 38.2 Å². The van der Waals surface area contributed by atoms with E-state index >= 15 is 0 Å². The third-order valence-corrected chi connectivity index (χ3v) is 19.5. The first-order chi connectivity index (χ1) is 47.2. The topological polar surface area (TPSA) is 216 Å². The van der Waals surface area contributed by atoms with Crippen LogP contribution in [0.3, 0.4) is 0 Å². The highest BCUT2D eigenvalue weighted by Gasteiger charge is 2.47. The third-order valence-electron chi connectivity index (χ3n) is 16.8. The molecule has 7 aromatic carbocycles. The van der Waals surface area contributed by atoms with Crippen LogP contribution in [-0.2, 0) is 77.8 Å². The maximum atomic E-state index is 14.7. The second-order valence-corrected chi connectivity index (χ2v) is 32.6. The lowest BCUT2D eigenvalue weighted by molar-refractivity contribution is -0.165. The molecule has 0 radical (unpaired) electrons. The molecule has 7 aromatic rings. The van der Waals surface area contributed by atoms with Crippen molar-refractivity contribution in [2.75, 3.05) is 13.2 Å². The van der Waals surface area contributed by atoms with Gasteiger partial charge in [0.25, 0.3) is 20.2 Å². The van der Waals surface area contributed by atoms with E-state index in [0.29, 0.717) is 17.5 Å². The fourth-order valence-electron chi connectivity index (χ4n) is 12.5. The van der Waals surface area contributed by atoms with E-state index in [4.69, 9.17) is 27.3 Å². The Hall–Kier alpha value is -8.36. The second-order valence-electron chi connectivity index (χ2n) is 29.3. The Morgan fingerprint density at radius 1 is 0.400 bits per heavy atom. The van der Waals surface area contributed by atoms with Crippen LogP contribution in [0.5, 0.6) is 0 Å². The van der Waals surface area contributed by atoms with Crippen molar-refractivity contribution in [3.63, 3.8) is 0 Å². The number of nitrogens with one attached hydrogen (secondary N) is 2. The zero-order valence-corrected chi connectivity index (χ0v) is 61.3. The molecular formula is C82H98N2O14S2. The molecule has 18 heteroatoms. The minimum absolute atomic E-state index is 0.0498. The summed E-state index contributed by atoms with van der Waals surface area (Å²) in [4.78, 5) is 57.7. The Kier molecular flexibility index (Phi) is 25.9. The highest BCUT2D eigenvalue weighted by Crippen LogP contribution is 2.43. The molecule has 5 atom stereocenters. The van der Waals surface area contributed by atoms with Crippen molar-refractivity contribution in [1.82, 2.24) is 10.6 Å². The number of rotatable bonds is 31. The van der Waals surface area contributed by atoms with Crippen LogP contribution in [0.1, 0.15) is 156 Å². The average Bonchev–Trinajstić information content (AvgIpc) is 0.756. The highest BCUT2D eigenvalue weighted by molar-refractivity contribution is 7.87. The van der Waals surface area contributed by atoms with E-state index in [1.54, 1.807) is 107 Å². The van der Waals surface area contributed by atoms with Gasteiger partial charge >= 0.3 is 23.9 Å². The molecule has 1 unspecified atom stereocenters. The Morgan fingerprint density at radius 2 is 0.710 bits per heavy atom. The van der Waals surface area contributed by atoms with Crippen LogP contribution in [0.4, 0.5) is 0 Å². The van der Waals surface area contributed by atoms with Crippen LogP contribution in [0, 0.1) is 17.8 Å². The number of allylic oxidation sites excluding steroid dienone is 3. The maximum Gasteiger partial charge on any atom is 0.323 e. The summed E-state index contributed by atoms with van der Waals surface area (Å²) in [5, 5.41) is 7.53. The maximum absolute atomic E-state index is 14.7. The van der Waals surface area contributed by atoms with E-state index in [-0.39, 0.29) is 67.4 Å². The van der Waals surface area contributed by atoms with Gasteiger partial charge in [-0.05, 0) is 191 Å². The molecule has 0 heterocycles. The summed E-state index contributed by atoms with van der Waals surface area (Å²) >= 11 is 0. The Morgan fingerprint density at radius 3 is 1.02 bits per heavy atom. The van der Waals surface area contributed by atoms with E-state index < -0.39 is 102 Å². The summed E-state index contributed by atoms with van der Waals surface area (Å²) in [6, 6.07) is 58.8. The number of carbonyl (C=O) groups excluding carboxylic acids is 4. The molecule has 0 fully saturated rings. The molecule has 1 aliphatic rings. The molecule has 100 heavy (non-hydrogen) atoms. The molecular weight excluding hydrogens is 1300 g/mol. The Bertz CT molecular complexity index is 3970. The van der Waals surface area contributed by atoms with E-state index in [1.165, 1.54) is 24.3 Å². The van der Waals surface area contributed by atoms with Gasteiger partial charge in [0, 0.05) is 5.92 Å². The van der Waals surface area contributed by atoms with Crippen LogP contribution < -0.4 is 10.6 Å². The Labute approximate surface area is 592 Å². The molecule has 0 amide bonds. The van der Waals surface area contributed by atoms with Gasteiger partial charge in [0.15, 0.2) is 0 Å². The number of benzene rings is 7. The molecule has 2 N–H and O–H groups in total. The molecule has 8 rings (SSSR count). The number of ether oxygens (including phenoxy) is 4. The van der Waals surface area contributed by atoms with Gasteiger partial charge in [0.2, 0.25) is 0 Å². The van der Waals surface area contributed by atoms with Crippen LogP contribution in [0.15, 0.2) is 234 Å². The number of esters is 4. The molecule has 0 saturated heterocycles. The molecule has 1 aliphatic carbocycles. The number of carbonyl (C=O) groups is 4. The molecule has 0 bridgehead atoms. The van der Waals surface area contributed by atoms with Gasteiger partial charge in [-0.2, -0.15) is 16.8 Å². The van der Waals surface area contributed by atoms with Gasteiger partial charge in [0.1, 0.15) is 34.5 Å². The monoisotopic (exact) mass is 1400 g/mol. The first-order valence-corrected chi connectivity index (χ1v) is 37.1. The van der Waals surface area contributed by atoms with Crippen LogP contribution in [0.2, 0.25) is 0 Å². The largest absolute Gasteiger partial charge is 0.460 e.